The number of nitrogens with zero attached hydrogens (tertiary/aromatic N) is 1. The quantitative estimate of drug-likeness (QED) is 0.626. The van der Waals surface area contributed by atoms with Crippen molar-refractivity contribution in [3.05, 3.63) is 89.7 Å². The molecule has 27 heavy (non-hydrogen) atoms. The van der Waals surface area contributed by atoms with Crippen LogP contribution in [0.4, 0.5) is 10.1 Å². The first kappa shape index (κ1) is 18.9. The number of halogens is 1. The van der Waals surface area contributed by atoms with Crippen molar-refractivity contribution in [2.75, 3.05) is 11.4 Å². The van der Waals surface area contributed by atoms with Crippen LogP contribution in [0.5, 0.6) is 5.75 Å². The van der Waals surface area contributed by atoms with Crippen molar-refractivity contribution in [2.24, 2.45) is 0 Å². The van der Waals surface area contributed by atoms with Gasteiger partial charge in [-0.1, -0.05) is 42.5 Å². The molecule has 0 saturated heterocycles. The van der Waals surface area contributed by atoms with E-state index in [1.165, 1.54) is 23.5 Å². The fourth-order valence-electron chi connectivity index (χ4n) is 2.69. The second kappa shape index (κ2) is 7.80. The lowest BCUT2D eigenvalue weighted by molar-refractivity contribution is 0.415. The van der Waals surface area contributed by atoms with Gasteiger partial charge in [0.2, 0.25) is 0 Å². The normalized spacial score (nSPS) is 11.2. The summed E-state index contributed by atoms with van der Waals surface area (Å²) in [5.41, 5.74) is 1.65. The molecular weight excluding hydrogens is 365 g/mol. The highest BCUT2D eigenvalue weighted by atomic mass is 32.2. The molecule has 0 radical (unpaired) electrons. The van der Waals surface area contributed by atoms with Crippen molar-refractivity contribution < 1.29 is 17.5 Å². The van der Waals surface area contributed by atoms with Crippen LogP contribution in [0, 0.1) is 12.7 Å². The number of sulfonamides is 1. The summed E-state index contributed by atoms with van der Waals surface area (Å²) in [5, 5.41) is 0. The first-order valence-corrected chi connectivity index (χ1v) is 9.82. The maximum absolute atomic E-state index is 14.0. The van der Waals surface area contributed by atoms with Crippen molar-refractivity contribution in [1.29, 1.82) is 0 Å². The van der Waals surface area contributed by atoms with Crippen molar-refractivity contribution in [3.8, 4) is 5.75 Å². The molecule has 4 nitrogen and oxygen atoms in total. The summed E-state index contributed by atoms with van der Waals surface area (Å²) in [6.45, 7) is 1.71. The van der Waals surface area contributed by atoms with Crippen LogP contribution in [-0.2, 0) is 16.6 Å². The molecule has 0 saturated carbocycles. The van der Waals surface area contributed by atoms with Gasteiger partial charge in [-0.3, -0.25) is 4.31 Å². The van der Waals surface area contributed by atoms with Gasteiger partial charge in [0.05, 0.1) is 24.2 Å². The van der Waals surface area contributed by atoms with Crippen LogP contribution in [0.25, 0.3) is 0 Å². The Kier molecular flexibility index (Phi) is 5.46. The summed E-state index contributed by atoms with van der Waals surface area (Å²) < 4.78 is 47.1. The summed E-state index contributed by atoms with van der Waals surface area (Å²) in [6, 6.07) is 20.0. The van der Waals surface area contributed by atoms with E-state index in [4.69, 9.17) is 4.74 Å². The van der Waals surface area contributed by atoms with Gasteiger partial charge in [0.25, 0.3) is 10.0 Å². The molecular formula is C21H20FNO3S. The molecule has 0 aliphatic rings. The molecule has 0 unspecified atom stereocenters. The molecule has 140 valence electrons. The molecule has 0 bridgehead atoms. The zero-order chi connectivity index (χ0) is 19.4. The molecule has 3 rings (SSSR count). The Balaban J connectivity index is 2.11. The van der Waals surface area contributed by atoms with E-state index in [1.807, 2.05) is 30.3 Å². The lowest BCUT2D eigenvalue weighted by atomic mass is 10.2. The van der Waals surface area contributed by atoms with Gasteiger partial charge in [-0.05, 0) is 42.3 Å². The van der Waals surface area contributed by atoms with E-state index in [0.29, 0.717) is 17.0 Å². The van der Waals surface area contributed by atoms with Crippen LogP contribution < -0.4 is 9.04 Å². The van der Waals surface area contributed by atoms with Crippen molar-refractivity contribution in [1.82, 2.24) is 0 Å². The smallest absolute Gasteiger partial charge is 0.264 e. The lowest BCUT2D eigenvalue weighted by Crippen LogP contribution is -2.30. The highest BCUT2D eigenvalue weighted by Gasteiger charge is 2.26. The Morgan fingerprint density at radius 3 is 2.37 bits per heavy atom. The predicted molar refractivity (Wildman–Crippen MR) is 104 cm³/mol. The zero-order valence-electron chi connectivity index (χ0n) is 15.1. The Labute approximate surface area is 158 Å². The monoisotopic (exact) mass is 385 g/mol. The average molecular weight is 385 g/mol. The number of ether oxygens (including phenoxy) is 1. The zero-order valence-corrected chi connectivity index (χ0v) is 15.9. The van der Waals surface area contributed by atoms with Gasteiger partial charge in [0, 0.05) is 6.07 Å². The lowest BCUT2D eigenvalue weighted by Gasteiger charge is -2.25. The maximum Gasteiger partial charge on any atom is 0.264 e. The highest BCUT2D eigenvalue weighted by molar-refractivity contribution is 7.92. The van der Waals surface area contributed by atoms with Gasteiger partial charge in [-0.2, -0.15) is 0 Å². The van der Waals surface area contributed by atoms with E-state index < -0.39 is 15.8 Å². The minimum atomic E-state index is -3.98. The molecule has 6 heteroatoms. The van der Waals surface area contributed by atoms with E-state index >= 15 is 0 Å². The number of anilines is 1. The van der Waals surface area contributed by atoms with E-state index in [2.05, 4.69) is 0 Å². The highest BCUT2D eigenvalue weighted by Crippen LogP contribution is 2.29. The van der Waals surface area contributed by atoms with Crippen LogP contribution in [0.15, 0.2) is 77.7 Å². The SMILES string of the molecule is COc1cccc(N(Cc2ccccc2)S(=O)(=O)c2ccc(C)c(F)c2)c1. The largest absolute Gasteiger partial charge is 0.497 e. The van der Waals surface area contributed by atoms with Crippen molar-refractivity contribution in [2.45, 2.75) is 18.4 Å². The second-order valence-corrected chi connectivity index (χ2v) is 7.97. The Hall–Kier alpha value is -2.86. The van der Waals surface area contributed by atoms with E-state index in [9.17, 15) is 12.8 Å². The molecule has 0 amide bonds. The molecule has 3 aromatic carbocycles. The first-order chi connectivity index (χ1) is 12.9. The number of benzene rings is 3. The van der Waals surface area contributed by atoms with Gasteiger partial charge in [-0.25, -0.2) is 12.8 Å². The van der Waals surface area contributed by atoms with E-state index in [1.54, 1.807) is 31.2 Å². The van der Waals surface area contributed by atoms with Gasteiger partial charge in [-0.15, -0.1) is 0 Å². The molecule has 0 aliphatic carbocycles. The molecule has 0 spiro atoms. The summed E-state index contributed by atoms with van der Waals surface area (Å²) in [7, 11) is -2.46. The van der Waals surface area contributed by atoms with Crippen LogP contribution in [0.2, 0.25) is 0 Å². The number of aryl methyl sites for hydroxylation is 1. The molecule has 0 aromatic heterocycles. The van der Waals surface area contributed by atoms with Crippen molar-refractivity contribution >= 4 is 15.7 Å². The third-order valence-electron chi connectivity index (χ3n) is 4.24. The average Bonchev–Trinajstić information content (AvgIpc) is 2.69. The standard InChI is InChI=1S/C21H20FNO3S/c1-16-11-12-20(14-21(16)22)27(24,25)23(15-17-7-4-3-5-8-17)18-9-6-10-19(13-18)26-2/h3-14H,15H2,1-2H3. The van der Waals surface area contributed by atoms with Crippen LogP contribution >= 0.6 is 0 Å². The number of methoxy groups -OCH3 is 1. The van der Waals surface area contributed by atoms with Crippen molar-refractivity contribution in [3.63, 3.8) is 0 Å². The minimum Gasteiger partial charge on any atom is -0.497 e. The fraction of sp³-hybridized carbons (Fsp3) is 0.143. The van der Waals surface area contributed by atoms with Crippen LogP contribution in [0.3, 0.4) is 0 Å². The van der Waals surface area contributed by atoms with Crippen LogP contribution in [0.1, 0.15) is 11.1 Å². The molecule has 3 aromatic rings. The maximum atomic E-state index is 14.0. The van der Waals surface area contributed by atoms with Crippen LogP contribution in [-0.4, -0.2) is 15.5 Å². The van der Waals surface area contributed by atoms with Gasteiger partial charge in [0.15, 0.2) is 0 Å². The summed E-state index contributed by atoms with van der Waals surface area (Å²) in [5.74, 6) is -0.0165. The topological polar surface area (TPSA) is 46.6 Å². The van der Waals surface area contributed by atoms with E-state index in [0.717, 1.165) is 11.6 Å². The fourth-order valence-corrected chi connectivity index (χ4v) is 4.15. The van der Waals surface area contributed by atoms with Gasteiger partial charge in [0.1, 0.15) is 11.6 Å². The Bertz CT molecular complexity index is 1040. The molecule has 0 heterocycles. The number of rotatable bonds is 6. The summed E-state index contributed by atoms with van der Waals surface area (Å²) in [6.07, 6.45) is 0. The van der Waals surface area contributed by atoms with Gasteiger partial charge >= 0.3 is 0 Å². The predicted octanol–water partition coefficient (Wildman–Crippen LogP) is 4.54. The Morgan fingerprint density at radius 1 is 0.963 bits per heavy atom. The minimum absolute atomic E-state index is 0.0932. The summed E-state index contributed by atoms with van der Waals surface area (Å²) >= 11 is 0. The third-order valence-corrected chi connectivity index (χ3v) is 6.01. The molecule has 0 aliphatic heterocycles. The number of hydrogen-bond donors (Lipinski definition) is 0. The Morgan fingerprint density at radius 2 is 1.70 bits per heavy atom. The molecule has 0 N–H and O–H groups in total. The number of hydrogen-bond acceptors (Lipinski definition) is 3. The molecule has 0 fully saturated rings. The van der Waals surface area contributed by atoms with E-state index in [-0.39, 0.29) is 11.4 Å². The summed E-state index contributed by atoms with van der Waals surface area (Å²) in [4.78, 5) is -0.0932. The second-order valence-electron chi connectivity index (χ2n) is 6.11. The van der Waals surface area contributed by atoms with Gasteiger partial charge < -0.3 is 4.74 Å². The third kappa shape index (κ3) is 4.11. The molecule has 0 atom stereocenters. The first-order valence-electron chi connectivity index (χ1n) is 8.38.